The number of ether oxygens (including phenoxy) is 2. The molecule has 1 aliphatic rings. The fourth-order valence-corrected chi connectivity index (χ4v) is 2.39. The molecule has 0 N–H and O–H groups in total. The molecule has 2 aromatic carbocycles. The summed E-state index contributed by atoms with van der Waals surface area (Å²) in [6.07, 6.45) is -1.60. The van der Waals surface area contributed by atoms with Crippen LogP contribution in [0.4, 0.5) is 11.4 Å². The Bertz CT molecular complexity index is 647. The van der Waals surface area contributed by atoms with Crippen molar-refractivity contribution in [1.29, 1.82) is 0 Å². The van der Waals surface area contributed by atoms with E-state index in [1.54, 1.807) is 11.8 Å². The lowest BCUT2D eigenvalue weighted by Gasteiger charge is -2.22. The van der Waals surface area contributed by atoms with Crippen LogP contribution in [0.1, 0.15) is 6.92 Å². The van der Waals surface area contributed by atoms with Crippen LogP contribution in [-0.4, -0.2) is 30.7 Å². The van der Waals surface area contributed by atoms with Crippen molar-refractivity contribution in [2.24, 2.45) is 0 Å². The third-order valence-corrected chi connectivity index (χ3v) is 3.50. The Kier molecular flexibility index (Phi) is 4.39. The Morgan fingerprint density at radius 2 is 1.48 bits per heavy atom. The molecule has 1 fully saturated rings. The molecule has 2 aromatic rings. The molecule has 5 nitrogen and oxygen atoms in total. The first kappa shape index (κ1) is 15.2. The van der Waals surface area contributed by atoms with Gasteiger partial charge in [-0.05, 0) is 31.2 Å². The number of hydrogen-bond acceptors (Lipinski definition) is 4. The van der Waals surface area contributed by atoms with Gasteiger partial charge in [0.25, 0.3) is 5.91 Å². The fourth-order valence-electron chi connectivity index (χ4n) is 2.39. The standard InChI is InChI=1S/C18H17NO4/c1-2-22-18(21)16-15(23-16)17(20)19(13-9-5-3-6-10-13)14-11-7-4-8-12-14/h3-12,15-16H,2H2,1H3/t15-,16-/m0/s1. The molecule has 118 valence electrons. The summed E-state index contributed by atoms with van der Waals surface area (Å²) >= 11 is 0. The number of carbonyl (C=O) groups is 2. The van der Waals surface area contributed by atoms with Crippen molar-refractivity contribution in [2.45, 2.75) is 19.1 Å². The molecule has 1 amide bonds. The Balaban J connectivity index is 1.86. The zero-order valence-electron chi connectivity index (χ0n) is 12.7. The minimum Gasteiger partial charge on any atom is -0.464 e. The minimum absolute atomic E-state index is 0.265. The summed E-state index contributed by atoms with van der Waals surface area (Å²) in [5, 5.41) is 0. The molecule has 2 atom stereocenters. The quantitative estimate of drug-likeness (QED) is 0.629. The van der Waals surface area contributed by atoms with E-state index in [9.17, 15) is 9.59 Å². The smallest absolute Gasteiger partial charge is 0.338 e. The molecule has 1 saturated heterocycles. The first-order valence-electron chi connectivity index (χ1n) is 7.48. The number of amides is 1. The Morgan fingerprint density at radius 1 is 0.957 bits per heavy atom. The highest BCUT2D eigenvalue weighted by Crippen LogP contribution is 2.32. The van der Waals surface area contributed by atoms with Gasteiger partial charge in [0.2, 0.25) is 0 Å². The van der Waals surface area contributed by atoms with Crippen LogP contribution in [0.5, 0.6) is 0 Å². The molecular formula is C18H17NO4. The monoisotopic (exact) mass is 311 g/mol. The Hall–Kier alpha value is -2.66. The van der Waals surface area contributed by atoms with Crippen LogP contribution in [0.2, 0.25) is 0 Å². The SMILES string of the molecule is CCOC(=O)[C@H]1O[C@@H]1C(=O)N(c1ccccc1)c1ccccc1. The molecule has 0 spiro atoms. The van der Waals surface area contributed by atoms with Crippen LogP contribution in [-0.2, 0) is 19.1 Å². The molecule has 0 aromatic heterocycles. The molecule has 0 aliphatic carbocycles. The highest BCUT2D eigenvalue weighted by atomic mass is 16.6. The maximum atomic E-state index is 12.8. The molecule has 0 unspecified atom stereocenters. The summed E-state index contributed by atoms with van der Waals surface area (Å²) in [6, 6.07) is 18.5. The summed E-state index contributed by atoms with van der Waals surface area (Å²) in [5.74, 6) is -0.771. The van der Waals surface area contributed by atoms with E-state index in [1.165, 1.54) is 0 Å². The van der Waals surface area contributed by atoms with Crippen LogP contribution in [0, 0.1) is 0 Å². The zero-order chi connectivity index (χ0) is 16.2. The van der Waals surface area contributed by atoms with Crippen molar-refractivity contribution in [1.82, 2.24) is 0 Å². The predicted octanol–water partition coefficient (Wildman–Crippen LogP) is 2.68. The van der Waals surface area contributed by atoms with Gasteiger partial charge >= 0.3 is 5.97 Å². The van der Waals surface area contributed by atoms with Gasteiger partial charge < -0.3 is 9.47 Å². The number of nitrogens with zero attached hydrogens (tertiary/aromatic N) is 1. The van der Waals surface area contributed by atoms with Gasteiger partial charge in [-0.1, -0.05) is 36.4 Å². The van der Waals surface area contributed by atoms with Crippen LogP contribution < -0.4 is 4.90 Å². The number of epoxide rings is 1. The molecule has 1 heterocycles. The molecule has 5 heteroatoms. The summed E-state index contributed by atoms with van der Waals surface area (Å²) in [4.78, 5) is 26.1. The van der Waals surface area contributed by atoms with Gasteiger partial charge in [-0.15, -0.1) is 0 Å². The third-order valence-electron chi connectivity index (χ3n) is 3.50. The lowest BCUT2D eigenvalue weighted by molar-refractivity contribution is -0.144. The highest BCUT2D eigenvalue weighted by molar-refractivity contribution is 6.07. The lowest BCUT2D eigenvalue weighted by Crippen LogP contribution is -2.32. The average molecular weight is 311 g/mol. The zero-order valence-corrected chi connectivity index (χ0v) is 12.7. The second kappa shape index (κ2) is 6.62. The van der Waals surface area contributed by atoms with E-state index in [0.29, 0.717) is 0 Å². The molecule has 23 heavy (non-hydrogen) atoms. The van der Waals surface area contributed by atoms with Crippen molar-refractivity contribution in [2.75, 3.05) is 11.5 Å². The number of rotatable bonds is 5. The van der Waals surface area contributed by atoms with E-state index in [4.69, 9.17) is 9.47 Å². The van der Waals surface area contributed by atoms with Crippen molar-refractivity contribution < 1.29 is 19.1 Å². The number of carbonyl (C=O) groups excluding carboxylic acids is 2. The van der Waals surface area contributed by atoms with Gasteiger partial charge in [-0.2, -0.15) is 0 Å². The number of hydrogen-bond donors (Lipinski definition) is 0. The van der Waals surface area contributed by atoms with E-state index in [0.717, 1.165) is 11.4 Å². The van der Waals surface area contributed by atoms with Gasteiger partial charge in [-0.3, -0.25) is 9.69 Å². The maximum absolute atomic E-state index is 12.8. The van der Waals surface area contributed by atoms with Crippen LogP contribution >= 0.6 is 0 Å². The van der Waals surface area contributed by atoms with Gasteiger partial charge in [0.05, 0.1) is 6.61 Å². The van der Waals surface area contributed by atoms with Crippen molar-refractivity contribution in [3.8, 4) is 0 Å². The fraction of sp³-hybridized carbons (Fsp3) is 0.222. The Labute approximate surface area is 134 Å². The van der Waals surface area contributed by atoms with E-state index < -0.39 is 18.2 Å². The van der Waals surface area contributed by atoms with Crippen molar-refractivity contribution in [3.63, 3.8) is 0 Å². The molecule has 0 bridgehead atoms. The predicted molar refractivity (Wildman–Crippen MR) is 85.3 cm³/mol. The number of benzene rings is 2. The Morgan fingerprint density at radius 3 is 1.96 bits per heavy atom. The molecule has 3 rings (SSSR count). The van der Waals surface area contributed by atoms with E-state index in [1.807, 2.05) is 60.7 Å². The first-order valence-corrected chi connectivity index (χ1v) is 7.48. The maximum Gasteiger partial charge on any atom is 0.338 e. The first-order chi connectivity index (χ1) is 11.2. The second-order valence-corrected chi connectivity index (χ2v) is 5.07. The molecule has 0 saturated carbocycles. The summed E-state index contributed by atoms with van der Waals surface area (Å²) in [7, 11) is 0. The average Bonchev–Trinajstić information content (AvgIpc) is 3.38. The van der Waals surface area contributed by atoms with Gasteiger partial charge in [0, 0.05) is 11.4 Å². The van der Waals surface area contributed by atoms with Gasteiger partial charge in [0.15, 0.2) is 12.2 Å². The van der Waals surface area contributed by atoms with Crippen LogP contribution in [0.25, 0.3) is 0 Å². The van der Waals surface area contributed by atoms with Crippen LogP contribution in [0.15, 0.2) is 60.7 Å². The molecule has 0 radical (unpaired) electrons. The largest absolute Gasteiger partial charge is 0.464 e. The van der Waals surface area contributed by atoms with Crippen molar-refractivity contribution >= 4 is 23.3 Å². The summed E-state index contributed by atoms with van der Waals surface area (Å²) in [5.41, 5.74) is 1.45. The summed E-state index contributed by atoms with van der Waals surface area (Å²) in [6.45, 7) is 1.98. The highest BCUT2D eigenvalue weighted by Gasteiger charge is 2.53. The lowest BCUT2D eigenvalue weighted by atomic mass is 10.2. The second-order valence-electron chi connectivity index (χ2n) is 5.07. The third kappa shape index (κ3) is 3.24. The number of anilines is 2. The summed E-state index contributed by atoms with van der Waals surface area (Å²) < 4.78 is 10.2. The minimum atomic E-state index is -0.808. The van der Waals surface area contributed by atoms with E-state index in [2.05, 4.69) is 0 Å². The molecule has 1 aliphatic heterocycles. The van der Waals surface area contributed by atoms with E-state index >= 15 is 0 Å². The van der Waals surface area contributed by atoms with Gasteiger partial charge in [0.1, 0.15) is 0 Å². The van der Waals surface area contributed by atoms with Crippen LogP contribution in [0.3, 0.4) is 0 Å². The van der Waals surface area contributed by atoms with E-state index in [-0.39, 0.29) is 12.5 Å². The topological polar surface area (TPSA) is 59.1 Å². The van der Waals surface area contributed by atoms with Crippen molar-refractivity contribution in [3.05, 3.63) is 60.7 Å². The normalized spacial score (nSPS) is 19.0. The molecular weight excluding hydrogens is 294 g/mol. The van der Waals surface area contributed by atoms with Gasteiger partial charge in [-0.25, -0.2) is 4.79 Å². The number of para-hydroxylation sites is 2. The number of esters is 1.